The first kappa shape index (κ1) is 17.6. The second-order valence-corrected chi connectivity index (χ2v) is 6.86. The van der Waals surface area contributed by atoms with Crippen molar-refractivity contribution >= 4 is 11.6 Å². The van der Waals surface area contributed by atoms with E-state index in [1.165, 1.54) is 0 Å². The number of para-hydroxylation sites is 1. The minimum absolute atomic E-state index is 0.0120. The highest BCUT2D eigenvalue weighted by molar-refractivity contribution is 5.93. The van der Waals surface area contributed by atoms with Gasteiger partial charge in [0.05, 0.1) is 18.8 Å². The highest BCUT2D eigenvalue weighted by atomic mass is 16.5. The molecule has 3 rings (SSSR count). The van der Waals surface area contributed by atoms with Crippen molar-refractivity contribution in [1.82, 2.24) is 4.90 Å². The van der Waals surface area contributed by atoms with Crippen LogP contribution in [-0.4, -0.2) is 36.5 Å². The van der Waals surface area contributed by atoms with Gasteiger partial charge in [0.15, 0.2) is 0 Å². The molecule has 4 heteroatoms. The molecule has 0 spiro atoms. The van der Waals surface area contributed by atoms with Crippen LogP contribution < -0.4 is 5.32 Å². The average Bonchev–Trinajstić information content (AvgIpc) is 2.58. The van der Waals surface area contributed by atoms with Crippen molar-refractivity contribution in [1.29, 1.82) is 0 Å². The Morgan fingerprint density at radius 1 is 1.08 bits per heavy atom. The van der Waals surface area contributed by atoms with Gasteiger partial charge in [-0.1, -0.05) is 48.5 Å². The van der Waals surface area contributed by atoms with Gasteiger partial charge >= 0.3 is 0 Å². The number of hydrogen-bond acceptors (Lipinski definition) is 3. The van der Waals surface area contributed by atoms with Gasteiger partial charge in [-0.05, 0) is 37.5 Å². The van der Waals surface area contributed by atoms with Crippen LogP contribution in [0.3, 0.4) is 0 Å². The maximum Gasteiger partial charge on any atom is 0.238 e. The number of ether oxygens (including phenoxy) is 1. The van der Waals surface area contributed by atoms with E-state index >= 15 is 0 Å². The minimum Gasteiger partial charge on any atom is -0.368 e. The van der Waals surface area contributed by atoms with Crippen molar-refractivity contribution in [3.05, 3.63) is 65.2 Å². The molecule has 2 aromatic rings. The van der Waals surface area contributed by atoms with Crippen LogP contribution in [0.5, 0.6) is 0 Å². The molecule has 1 amide bonds. The first-order valence-corrected chi connectivity index (χ1v) is 8.81. The van der Waals surface area contributed by atoms with Gasteiger partial charge in [-0.3, -0.25) is 9.69 Å². The highest BCUT2D eigenvalue weighted by Crippen LogP contribution is 2.25. The number of benzene rings is 2. The topological polar surface area (TPSA) is 41.6 Å². The second kappa shape index (κ2) is 7.81. The molecule has 0 saturated carbocycles. The summed E-state index contributed by atoms with van der Waals surface area (Å²) < 4.78 is 6.07. The molecule has 1 aliphatic rings. The molecule has 0 radical (unpaired) electrons. The average molecular weight is 338 g/mol. The molecule has 2 aromatic carbocycles. The maximum absolute atomic E-state index is 12.5. The van der Waals surface area contributed by atoms with Gasteiger partial charge in [-0.15, -0.1) is 0 Å². The number of rotatable bonds is 4. The van der Waals surface area contributed by atoms with Crippen LogP contribution in [0, 0.1) is 13.8 Å². The number of anilines is 1. The summed E-state index contributed by atoms with van der Waals surface area (Å²) in [7, 11) is 0. The lowest BCUT2D eigenvalue weighted by atomic mass is 10.1. The van der Waals surface area contributed by atoms with Crippen LogP contribution in [0.2, 0.25) is 0 Å². The number of nitrogens with zero attached hydrogens (tertiary/aromatic N) is 1. The molecule has 0 unspecified atom stereocenters. The first-order valence-electron chi connectivity index (χ1n) is 8.81. The van der Waals surface area contributed by atoms with E-state index in [2.05, 4.69) is 29.3 Å². The first-order chi connectivity index (χ1) is 12.0. The zero-order valence-electron chi connectivity index (χ0n) is 15.2. The number of amides is 1. The van der Waals surface area contributed by atoms with Gasteiger partial charge < -0.3 is 10.1 Å². The van der Waals surface area contributed by atoms with Crippen molar-refractivity contribution in [2.45, 2.75) is 33.0 Å². The molecule has 0 bridgehead atoms. The van der Waals surface area contributed by atoms with Gasteiger partial charge in [-0.25, -0.2) is 0 Å². The van der Waals surface area contributed by atoms with Crippen molar-refractivity contribution in [2.24, 2.45) is 0 Å². The van der Waals surface area contributed by atoms with Crippen LogP contribution in [0.4, 0.5) is 5.69 Å². The lowest BCUT2D eigenvalue weighted by Crippen LogP contribution is -2.46. The van der Waals surface area contributed by atoms with Crippen molar-refractivity contribution in [3.63, 3.8) is 0 Å². The zero-order valence-corrected chi connectivity index (χ0v) is 15.2. The zero-order chi connectivity index (χ0) is 17.8. The minimum atomic E-state index is 0.0120. The van der Waals surface area contributed by atoms with Gasteiger partial charge in [0, 0.05) is 18.8 Å². The smallest absolute Gasteiger partial charge is 0.238 e. The van der Waals surface area contributed by atoms with E-state index in [9.17, 15) is 4.79 Å². The number of carbonyl (C=O) groups excluding carboxylic acids is 1. The van der Waals surface area contributed by atoms with Crippen LogP contribution in [-0.2, 0) is 9.53 Å². The van der Waals surface area contributed by atoms with Crippen LogP contribution in [0.1, 0.15) is 29.7 Å². The Morgan fingerprint density at radius 2 is 1.76 bits per heavy atom. The molecular weight excluding hydrogens is 312 g/mol. The number of carbonyl (C=O) groups is 1. The molecule has 1 fully saturated rings. The van der Waals surface area contributed by atoms with Crippen LogP contribution in [0.25, 0.3) is 0 Å². The second-order valence-electron chi connectivity index (χ2n) is 6.86. The van der Waals surface area contributed by atoms with E-state index in [0.29, 0.717) is 6.54 Å². The largest absolute Gasteiger partial charge is 0.368 e. The Bertz CT molecular complexity index is 710. The summed E-state index contributed by atoms with van der Waals surface area (Å²) in [5, 5.41) is 3.07. The molecule has 0 aliphatic carbocycles. The summed E-state index contributed by atoms with van der Waals surface area (Å²) in [6.45, 7) is 7.98. The third kappa shape index (κ3) is 4.47. The number of morpholine rings is 1. The SMILES string of the molecule is Cc1cccc(C)c1NC(=O)CN1C[C@H](C)O[C@@H](c2ccccc2)C1. The normalized spacial score (nSPS) is 21.1. The lowest BCUT2D eigenvalue weighted by molar-refractivity contribution is -0.122. The van der Waals surface area contributed by atoms with Crippen molar-refractivity contribution < 1.29 is 9.53 Å². The quantitative estimate of drug-likeness (QED) is 0.924. The van der Waals surface area contributed by atoms with E-state index in [1.807, 2.05) is 50.2 Å². The third-order valence-corrected chi connectivity index (χ3v) is 4.62. The molecule has 1 heterocycles. The Labute approximate surface area is 149 Å². The van der Waals surface area contributed by atoms with Gasteiger partial charge in [0.2, 0.25) is 5.91 Å². The summed E-state index contributed by atoms with van der Waals surface area (Å²) >= 11 is 0. The van der Waals surface area contributed by atoms with E-state index in [1.54, 1.807) is 0 Å². The van der Waals surface area contributed by atoms with E-state index in [0.717, 1.165) is 35.5 Å². The molecule has 1 N–H and O–H groups in total. The maximum atomic E-state index is 12.5. The Morgan fingerprint density at radius 3 is 2.44 bits per heavy atom. The summed E-state index contributed by atoms with van der Waals surface area (Å²) in [6.07, 6.45) is 0.116. The fourth-order valence-corrected chi connectivity index (χ4v) is 3.41. The number of hydrogen-bond donors (Lipinski definition) is 1. The molecule has 25 heavy (non-hydrogen) atoms. The predicted octanol–water partition coefficient (Wildman–Crippen LogP) is 3.70. The van der Waals surface area contributed by atoms with Crippen LogP contribution in [0.15, 0.2) is 48.5 Å². The molecule has 132 valence electrons. The van der Waals surface area contributed by atoms with Crippen molar-refractivity contribution in [3.8, 4) is 0 Å². The number of aryl methyl sites for hydroxylation is 2. The van der Waals surface area contributed by atoms with Crippen LogP contribution >= 0.6 is 0 Å². The Balaban J connectivity index is 1.64. The summed E-state index contributed by atoms with van der Waals surface area (Å²) in [4.78, 5) is 14.7. The molecule has 4 nitrogen and oxygen atoms in total. The monoisotopic (exact) mass is 338 g/mol. The lowest BCUT2D eigenvalue weighted by Gasteiger charge is -2.36. The standard InChI is InChI=1S/C21H26N2O2/c1-15-8-7-9-16(2)21(15)22-20(24)14-23-12-17(3)25-19(13-23)18-10-5-4-6-11-18/h4-11,17,19H,12-14H2,1-3H3,(H,22,24)/t17-,19+/m0/s1. The molecule has 2 atom stereocenters. The molecular formula is C21H26N2O2. The highest BCUT2D eigenvalue weighted by Gasteiger charge is 2.27. The van der Waals surface area contributed by atoms with Crippen molar-refractivity contribution in [2.75, 3.05) is 25.0 Å². The molecule has 1 saturated heterocycles. The predicted molar refractivity (Wildman–Crippen MR) is 101 cm³/mol. The summed E-state index contributed by atoms with van der Waals surface area (Å²) in [6, 6.07) is 16.3. The van der Waals surface area contributed by atoms with E-state index in [4.69, 9.17) is 4.74 Å². The summed E-state index contributed by atoms with van der Waals surface area (Å²) in [5.41, 5.74) is 4.26. The third-order valence-electron chi connectivity index (χ3n) is 4.62. The van der Waals surface area contributed by atoms with E-state index in [-0.39, 0.29) is 18.1 Å². The Hall–Kier alpha value is -2.17. The Kier molecular flexibility index (Phi) is 5.51. The summed E-state index contributed by atoms with van der Waals surface area (Å²) in [5.74, 6) is 0.0262. The molecule has 1 aliphatic heterocycles. The van der Waals surface area contributed by atoms with Gasteiger partial charge in [-0.2, -0.15) is 0 Å². The van der Waals surface area contributed by atoms with E-state index < -0.39 is 0 Å². The fraction of sp³-hybridized carbons (Fsp3) is 0.381. The van der Waals surface area contributed by atoms with Gasteiger partial charge in [0.25, 0.3) is 0 Å². The van der Waals surface area contributed by atoms with Gasteiger partial charge in [0.1, 0.15) is 0 Å². The number of nitrogens with one attached hydrogen (secondary N) is 1. The molecule has 0 aromatic heterocycles. The fourth-order valence-electron chi connectivity index (χ4n) is 3.41.